The van der Waals surface area contributed by atoms with Crippen molar-refractivity contribution < 1.29 is 4.79 Å². The van der Waals surface area contributed by atoms with Crippen LogP contribution in [-0.2, 0) is 11.2 Å². The second kappa shape index (κ2) is 4.26. The largest absolute Gasteiger partial charge is 0.369 e. The summed E-state index contributed by atoms with van der Waals surface area (Å²) >= 11 is 1.72. The fraction of sp³-hybridized carbons (Fsp3) is 0.444. The fourth-order valence-electron chi connectivity index (χ4n) is 0.956. The topological polar surface area (TPSA) is 43.1 Å². The van der Waals surface area contributed by atoms with Crippen LogP contribution in [0.2, 0.25) is 0 Å². The number of carbonyl (C=O) groups excluding carboxylic acids is 1. The van der Waals surface area contributed by atoms with E-state index >= 15 is 0 Å². The average Bonchev–Trinajstić information content (AvgIpc) is 2.51. The van der Waals surface area contributed by atoms with Crippen LogP contribution in [0, 0.1) is 5.92 Å². The van der Waals surface area contributed by atoms with Crippen LogP contribution in [0.4, 0.5) is 0 Å². The molecule has 2 N–H and O–H groups in total. The zero-order chi connectivity index (χ0) is 8.97. The van der Waals surface area contributed by atoms with E-state index in [0.717, 1.165) is 12.8 Å². The lowest BCUT2D eigenvalue weighted by Crippen LogP contribution is -2.20. The van der Waals surface area contributed by atoms with Crippen molar-refractivity contribution in [2.75, 3.05) is 0 Å². The van der Waals surface area contributed by atoms with Crippen LogP contribution >= 0.6 is 11.3 Å². The Hall–Kier alpha value is -0.830. The van der Waals surface area contributed by atoms with E-state index in [1.54, 1.807) is 11.3 Å². The molecule has 0 spiro atoms. The Morgan fingerprint density at radius 1 is 1.75 bits per heavy atom. The maximum absolute atomic E-state index is 10.7. The number of hydrogen-bond acceptors (Lipinski definition) is 2. The third kappa shape index (κ3) is 2.66. The highest BCUT2D eigenvalue weighted by atomic mass is 32.1. The van der Waals surface area contributed by atoms with E-state index in [-0.39, 0.29) is 11.8 Å². The molecule has 1 amide bonds. The van der Waals surface area contributed by atoms with Gasteiger partial charge in [0.15, 0.2) is 0 Å². The number of amides is 1. The molecule has 0 aliphatic carbocycles. The molecule has 2 nitrogen and oxygen atoms in total. The lowest BCUT2D eigenvalue weighted by Gasteiger charge is -2.04. The Kier molecular flexibility index (Phi) is 3.29. The first-order chi connectivity index (χ1) is 5.70. The Bertz CT molecular complexity index is 243. The van der Waals surface area contributed by atoms with Gasteiger partial charge < -0.3 is 5.73 Å². The number of rotatable bonds is 4. The predicted molar refractivity (Wildman–Crippen MR) is 51.0 cm³/mol. The highest BCUT2D eigenvalue weighted by molar-refractivity contribution is 7.09. The summed E-state index contributed by atoms with van der Waals surface area (Å²) in [4.78, 5) is 12.0. The Morgan fingerprint density at radius 2 is 2.50 bits per heavy atom. The molecule has 3 heteroatoms. The number of carbonyl (C=O) groups is 1. The van der Waals surface area contributed by atoms with Gasteiger partial charge in [-0.25, -0.2) is 0 Å². The molecule has 0 saturated carbocycles. The quantitative estimate of drug-likeness (QED) is 0.760. The molecule has 0 aliphatic rings. The van der Waals surface area contributed by atoms with Crippen LogP contribution in [0.5, 0.6) is 0 Å². The van der Waals surface area contributed by atoms with Crippen LogP contribution in [0.1, 0.15) is 18.2 Å². The van der Waals surface area contributed by atoms with Gasteiger partial charge in [-0.05, 0) is 24.3 Å². The highest BCUT2D eigenvalue weighted by Crippen LogP contribution is 2.13. The molecule has 12 heavy (non-hydrogen) atoms. The molecule has 0 aliphatic heterocycles. The van der Waals surface area contributed by atoms with Crippen molar-refractivity contribution in [2.45, 2.75) is 19.8 Å². The van der Waals surface area contributed by atoms with Gasteiger partial charge in [0.05, 0.1) is 0 Å². The summed E-state index contributed by atoms with van der Waals surface area (Å²) in [5.41, 5.74) is 5.14. The first-order valence-electron chi connectivity index (χ1n) is 4.02. The van der Waals surface area contributed by atoms with Gasteiger partial charge in [0.1, 0.15) is 0 Å². The SMILES string of the molecule is C[C@H](CCc1cccs1)C(N)=O. The van der Waals surface area contributed by atoms with Crippen molar-refractivity contribution in [3.63, 3.8) is 0 Å². The lowest BCUT2D eigenvalue weighted by atomic mass is 10.0. The maximum atomic E-state index is 10.7. The minimum atomic E-state index is -0.202. The normalized spacial score (nSPS) is 12.8. The van der Waals surface area contributed by atoms with Crippen molar-refractivity contribution in [3.8, 4) is 0 Å². The van der Waals surface area contributed by atoms with Gasteiger partial charge in [0.2, 0.25) is 5.91 Å². The van der Waals surface area contributed by atoms with Gasteiger partial charge >= 0.3 is 0 Å². The third-order valence-corrected chi connectivity index (χ3v) is 2.83. The molecule has 0 fully saturated rings. The van der Waals surface area contributed by atoms with E-state index < -0.39 is 0 Å². The highest BCUT2D eigenvalue weighted by Gasteiger charge is 2.08. The molecule has 1 rings (SSSR count). The number of aryl methyl sites for hydroxylation is 1. The fourth-order valence-corrected chi connectivity index (χ4v) is 1.68. The summed E-state index contributed by atoms with van der Waals surface area (Å²) < 4.78 is 0. The summed E-state index contributed by atoms with van der Waals surface area (Å²) in [6.07, 6.45) is 1.82. The summed E-state index contributed by atoms with van der Waals surface area (Å²) in [5.74, 6) is -0.210. The second-order valence-electron chi connectivity index (χ2n) is 2.92. The minimum Gasteiger partial charge on any atom is -0.369 e. The smallest absolute Gasteiger partial charge is 0.220 e. The molecule has 66 valence electrons. The van der Waals surface area contributed by atoms with Crippen LogP contribution in [0.15, 0.2) is 17.5 Å². The number of primary amides is 1. The summed E-state index contributed by atoms with van der Waals surface area (Å²) in [6.45, 7) is 1.87. The van der Waals surface area contributed by atoms with Crippen LogP contribution in [-0.4, -0.2) is 5.91 Å². The maximum Gasteiger partial charge on any atom is 0.220 e. The van der Waals surface area contributed by atoms with Crippen molar-refractivity contribution in [1.29, 1.82) is 0 Å². The molecule has 0 aromatic carbocycles. The molecular weight excluding hydrogens is 170 g/mol. The molecule has 0 radical (unpaired) electrons. The van der Waals surface area contributed by atoms with E-state index in [4.69, 9.17) is 5.73 Å². The molecule has 1 heterocycles. The average molecular weight is 183 g/mol. The predicted octanol–water partition coefficient (Wildman–Crippen LogP) is 1.80. The second-order valence-corrected chi connectivity index (χ2v) is 3.95. The van der Waals surface area contributed by atoms with E-state index in [1.807, 2.05) is 18.4 Å². The van der Waals surface area contributed by atoms with Gasteiger partial charge in [-0.3, -0.25) is 4.79 Å². The van der Waals surface area contributed by atoms with E-state index in [0.29, 0.717) is 0 Å². The van der Waals surface area contributed by atoms with Gasteiger partial charge in [0.25, 0.3) is 0 Å². The van der Waals surface area contributed by atoms with Crippen molar-refractivity contribution in [1.82, 2.24) is 0 Å². The first-order valence-corrected chi connectivity index (χ1v) is 4.90. The first kappa shape index (κ1) is 9.26. The summed E-state index contributed by atoms with van der Waals surface area (Å²) in [7, 11) is 0. The molecule has 0 unspecified atom stereocenters. The van der Waals surface area contributed by atoms with Crippen molar-refractivity contribution >= 4 is 17.2 Å². The third-order valence-electron chi connectivity index (χ3n) is 1.89. The Labute approximate surface area is 76.4 Å². The minimum absolute atomic E-state index is 0.00731. The molecule has 1 atom stereocenters. The Morgan fingerprint density at radius 3 is 3.00 bits per heavy atom. The lowest BCUT2D eigenvalue weighted by molar-refractivity contribution is -0.121. The van der Waals surface area contributed by atoms with Gasteiger partial charge in [0, 0.05) is 10.8 Å². The zero-order valence-corrected chi connectivity index (χ0v) is 7.93. The van der Waals surface area contributed by atoms with Gasteiger partial charge in [-0.15, -0.1) is 11.3 Å². The van der Waals surface area contributed by atoms with Gasteiger partial charge in [-0.1, -0.05) is 13.0 Å². The zero-order valence-electron chi connectivity index (χ0n) is 7.12. The number of hydrogen-bond donors (Lipinski definition) is 1. The molecule has 0 bridgehead atoms. The van der Waals surface area contributed by atoms with E-state index in [9.17, 15) is 4.79 Å². The molecule has 1 aromatic rings. The number of nitrogens with two attached hydrogens (primary N) is 1. The standard InChI is InChI=1S/C9H13NOS/c1-7(9(10)11)4-5-8-3-2-6-12-8/h2-3,6-7H,4-5H2,1H3,(H2,10,11)/t7-/m1/s1. The van der Waals surface area contributed by atoms with E-state index in [1.165, 1.54) is 4.88 Å². The van der Waals surface area contributed by atoms with Crippen molar-refractivity contribution in [2.24, 2.45) is 11.7 Å². The van der Waals surface area contributed by atoms with Crippen molar-refractivity contribution in [3.05, 3.63) is 22.4 Å². The number of thiophene rings is 1. The van der Waals surface area contributed by atoms with Crippen LogP contribution in [0.3, 0.4) is 0 Å². The van der Waals surface area contributed by atoms with Gasteiger partial charge in [-0.2, -0.15) is 0 Å². The Balaban J connectivity index is 2.31. The molecular formula is C9H13NOS. The summed E-state index contributed by atoms with van der Waals surface area (Å²) in [5, 5.41) is 2.05. The van der Waals surface area contributed by atoms with Crippen LogP contribution in [0.25, 0.3) is 0 Å². The van der Waals surface area contributed by atoms with Crippen LogP contribution < -0.4 is 5.73 Å². The monoisotopic (exact) mass is 183 g/mol. The summed E-state index contributed by atoms with van der Waals surface area (Å²) in [6, 6.07) is 4.10. The van der Waals surface area contributed by atoms with E-state index in [2.05, 4.69) is 6.07 Å². The molecule has 0 saturated heterocycles. The molecule has 1 aromatic heterocycles.